The molecule has 1 fully saturated rings. The standard InChI is InChI=1S/C68H129NO10/c1-4-7-10-13-16-19-22-25-26-27-28-29-30-31-32-33-34-35-36-38-41-44-47-50-53-56-63(73)79-66-65(75)64(74)62(57-70)78-68(66)77-58-59(60(71)54-51-48-45-42-40-37-23-20-17-14-11-8-5-2)69-67(76)61(72)55-52-49-46-43-39-24-21-18-15-12-9-6-3/h25-26,51,54,59-62,64-66,68,70-72,74-75H,4-24,27-50,52-53,55-58H2,1-3H3,(H,69,76)/b26-25+,54-51+. The molecule has 0 spiro atoms. The molecule has 1 aliphatic rings. The normalized spacial score (nSPS) is 18.9. The molecule has 8 unspecified atom stereocenters. The van der Waals surface area contributed by atoms with E-state index in [1.807, 2.05) is 6.08 Å². The Morgan fingerprint density at radius 3 is 1.23 bits per heavy atom. The Morgan fingerprint density at radius 2 is 0.835 bits per heavy atom. The maximum atomic E-state index is 13.4. The molecule has 466 valence electrons. The summed E-state index contributed by atoms with van der Waals surface area (Å²) in [6.07, 6.45) is 56.5. The maximum absolute atomic E-state index is 13.4. The van der Waals surface area contributed by atoms with E-state index in [1.54, 1.807) is 6.08 Å². The summed E-state index contributed by atoms with van der Waals surface area (Å²) in [6, 6.07) is -1.02. The van der Waals surface area contributed by atoms with Gasteiger partial charge in [0.2, 0.25) is 5.91 Å². The summed E-state index contributed by atoms with van der Waals surface area (Å²) >= 11 is 0. The molecule has 0 aromatic rings. The molecule has 1 aliphatic heterocycles. The lowest BCUT2D eigenvalue weighted by atomic mass is 9.99. The van der Waals surface area contributed by atoms with Crippen LogP contribution in [-0.4, -0.2) is 99.6 Å². The van der Waals surface area contributed by atoms with Gasteiger partial charge in [0, 0.05) is 6.42 Å². The van der Waals surface area contributed by atoms with Crippen LogP contribution in [0.15, 0.2) is 24.3 Å². The van der Waals surface area contributed by atoms with Gasteiger partial charge in [0.15, 0.2) is 12.4 Å². The lowest BCUT2D eigenvalue weighted by Crippen LogP contribution is -2.61. The number of allylic oxidation sites excluding steroid dienone is 3. The summed E-state index contributed by atoms with van der Waals surface area (Å²) in [5.41, 5.74) is 0. The van der Waals surface area contributed by atoms with Gasteiger partial charge in [0.25, 0.3) is 0 Å². The number of hydrogen-bond donors (Lipinski definition) is 6. The highest BCUT2D eigenvalue weighted by Crippen LogP contribution is 2.26. The van der Waals surface area contributed by atoms with E-state index in [0.29, 0.717) is 19.3 Å². The van der Waals surface area contributed by atoms with Crippen molar-refractivity contribution < 1.29 is 49.3 Å². The van der Waals surface area contributed by atoms with Crippen LogP contribution in [0.2, 0.25) is 0 Å². The molecular weight excluding hydrogens is 991 g/mol. The Bertz CT molecular complexity index is 1380. The van der Waals surface area contributed by atoms with Crippen LogP contribution in [-0.2, 0) is 23.8 Å². The monoisotopic (exact) mass is 1120 g/mol. The van der Waals surface area contributed by atoms with Gasteiger partial charge >= 0.3 is 5.97 Å². The van der Waals surface area contributed by atoms with E-state index in [2.05, 4.69) is 38.2 Å². The quantitative estimate of drug-likeness (QED) is 0.0195. The van der Waals surface area contributed by atoms with Crippen molar-refractivity contribution in [2.75, 3.05) is 13.2 Å². The van der Waals surface area contributed by atoms with Gasteiger partial charge in [0.05, 0.1) is 25.4 Å². The van der Waals surface area contributed by atoms with E-state index >= 15 is 0 Å². The number of nitrogens with one attached hydrogen (secondary N) is 1. The Labute approximate surface area is 486 Å². The van der Waals surface area contributed by atoms with Gasteiger partial charge < -0.3 is 45.1 Å². The van der Waals surface area contributed by atoms with Crippen molar-refractivity contribution in [2.24, 2.45) is 0 Å². The second-order valence-corrected chi connectivity index (χ2v) is 23.9. The molecule has 0 radical (unpaired) electrons. The third kappa shape index (κ3) is 44.4. The van der Waals surface area contributed by atoms with E-state index in [9.17, 15) is 35.1 Å². The highest BCUT2D eigenvalue weighted by atomic mass is 16.7. The van der Waals surface area contributed by atoms with Gasteiger partial charge in [-0.2, -0.15) is 0 Å². The lowest BCUT2D eigenvalue weighted by Gasteiger charge is -2.41. The highest BCUT2D eigenvalue weighted by molar-refractivity contribution is 5.80. The summed E-state index contributed by atoms with van der Waals surface area (Å²) in [7, 11) is 0. The Morgan fingerprint density at radius 1 is 0.481 bits per heavy atom. The van der Waals surface area contributed by atoms with Gasteiger partial charge in [-0.3, -0.25) is 9.59 Å². The molecule has 1 rings (SSSR count). The molecule has 6 N–H and O–H groups in total. The van der Waals surface area contributed by atoms with Crippen LogP contribution >= 0.6 is 0 Å². The predicted molar refractivity (Wildman–Crippen MR) is 329 cm³/mol. The molecule has 11 nitrogen and oxygen atoms in total. The first-order valence-electron chi connectivity index (χ1n) is 34.1. The zero-order valence-electron chi connectivity index (χ0n) is 51.8. The molecule has 0 aromatic carbocycles. The van der Waals surface area contributed by atoms with Crippen molar-refractivity contribution in [3.8, 4) is 0 Å². The van der Waals surface area contributed by atoms with Crippen LogP contribution in [0.1, 0.15) is 335 Å². The molecule has 0 saturated carbocycles. The molecule has 11 heteroatoms. The second kappa shape index (κ2) is 56.6. The first kappa shape index (κ1) is 75.2. The number of carbonyl (C=O) groups is 2. The number of ether oxygens (including phenoxy) is 3. The van der Waals surface area contributed by atoms with E-state index in [4.69, 9.17) is 14.2 Å². The number of rotatable bonds is 59. The van der Waals surface area contributed by atoms with Crippen LogP contribution in [0.4, 0.5) is 0 Å². The Hall–Kier alpha value is -1.86. The fourth-order valence-corrected chi connectivity index (χ4v) is 10.9. The van der Waals surface area contributed by atoms with Crippen molar-refractivity contribution in [3.63, 3.8) is 0 Å². The third-order valence-corrected chi connectivity index (χ3v) is 16.4. The smallest absolute Gasteiger partial charge is 0.306 e. The van der Waals surface area contributed by atoms with Gasteiger partial charge in [-0.25, -0.2) is 0 Å². The second-order valence-electron chi connectivity index (χ2n) is 23.9. The SMILES string of the molecule is CCCCCCCC/C=C/CCCCCCCCCCCCCCCCCC(=O)OC1C(OCC(NC(=O)C(O)CCCCCCCCCCCCCC)C(O)/C=C/CCCCCCCCCCCCC)OC(CO)C(O)C1O. The van der Waals surface area contributed by atoms with Crippen molar-refractivity contribution in [1.82, 2.24) is 5.32 Å². The minimum atomic E-state index is -1.61. The van der Waals surface area contributed by atoms with E-state index in [1.165, 1.54) is 231 Å². The Balaban J connectivity index is 2.55. The van der Waals surface area contributed by atoms with Crippen LogP contribution in [0.5, 0.6) is 0 Å². The van der Waals surface area contributed by atoms with E-state index in [-0.39, 0.29) is 13.0 Å². The largest absolute Gasteiger partial charge is 0.454 e. The highest BCUT2D eigenvalue weighted by Gasteiger charge is 2.47. The van der Waals surface area contributed by atoms with Crippen molar-refractivity contribution >= 4 is 11.9 Å². The summed E-state index contributed by atoms with van der Waals surface area (Å²) in [4.78, 5) is 26.6. The zero-order chi connectivity index (χ0) is 57.5. The third-order valence-electron chi connectivity index (χ3n) is 16.4. The molecule has 0 aliphatic carbocycles. The lowest BCUT2D eigenvalue weighted by molar-refractivity contribution is -0.305. The minimum Gasteiger partial charge on any atom is -0.454 e. The van der Waals surface area contributed by atoms with Crippen molar-refractivity contribution in [3.05, 3.63) is 24.3 Å². The topological polar surface area (TPSA) is 175 Å². The number of hydrogen-bond acceptors (Lipinski definition) is 10. The first-order valence-corrected chi connectivity index (χ1v) is 34.1. The molecule has 1 heterocycles. The zero-order valence-corrected chi connectivity index (χ0v) is 51.8. The average molecular weight is 1120 g/mol. The summed E-state index contributed by atoms with van der Waals surface area (Å²) < 4.78 is 17.7. The van der Waals surface area contributed by atoms with Gasteiger partial charge in [0.1, 0.15) is 24.4 Å². The molecule has 0 aromatic heterocycles. The summed E-state index contributed by atoms with van der Waals surface area (Å²) in [5.74, 6) is -1.18. The van der Waals surface area contributed by atoms with E-state index < -0.39 is 67.4 Å². The average Bonchev–Trinajstić information content (AvgIpc) is 3.48. The van der Waals surface area contributed by atoms with Crippen LogP contribution in [0.3, 0.4) is 0 Å². The molecule has 0 bridgehead atoms. The molecule has 1 amide bonds. The van der Waals surface area contributed by atoms with Crippen LogP contribution in [0, 0.1) is 0 Å². The molecule has 79 heavy (non-hydrogen) atoms. The van der Waals surface area contributed by atoms with Crippen molar-refractivity contribution in [2.45, 2.75) is 384 Å². The maximum Gasteiger partial charge on any atom is 0.306 e. The number of unbranched alkanes of at least 4 members (excludes halogenated alkanes) is 43. The minimum absolute atomic E-state index is 0.129. The number of aliphatic hydroxyl groups is 5. The van der Waals surface area contributed by atoms with Gasteiger partial charge in [-0.1, -0.05) is 302 Å². The van der Waals surface area contributed by atoms with Gasteiger partial charge in [-0.15, -0.1) is 0 Å². The number of amides is 1. The number of esters is 1. The fraction of sp³-hybridized carbons (Fsp3) is 0.912. The van der Waals surface area contributed by atoms with Crippen LogP contribution < -0.4 is 5.32 Å². The molecule has 1 saturated heterocycles. The van der Waals surface area contributed by atoms with E-state index in [0.717, 1.165) is 57.8 Å². The predicted octanol–water partition coefficient (Wildman–Crippen LogP) is 16.8. The Kier molecular flexibility index (Phi) is 53.9. The first-order chi connectivity index (χ1) is 38.7. The fourth-order valence-electron chi connectivity index (χ4n) is 10.9. The molecular formula is C68H129NO10. The van der Waals surface area contributed by atoms with Crippen molar-refractivity contribution in [1.29, 1.82) is 0 Å². The summed E-state index contributed by atoms with van der Waals surface area (Å²) in [6.45, 7) is 5.82. The number of aliphatic hydroxyl groups excluding tert-OH is 5. The number of carbonyl (C=O) groups excluding carboxylic acids is 2. The summed E-state index contributed by atoms with van der Waals surface area (Å²) in [5, 5.41) is 57.1. The molecule has 8 atom stereocenters. The van der Waals surface area contributed by atoms with Crippen LogP contribution in [0.25, 0.3) is 0 Å². The van der Waals surface area contributed by atoms with Gasteiger partial charge in [-0.05, 0) is 51.4 Å².